The Hall–Kier alpha value is -2.29. The smallest absolute Gasteiger partial charge is 0.338 e. The SMILES string of the molecule is Cc1cc(C)c(OCc2c(C)cccc2C(=O)OC(C)C)cc1C. The van der Waals surface area contributed by atoms with Crippen LogP contribution in [0.4, 0.5) is 0 Å². The molecule has 0 atom stereocenters. The molecule has 3 heteroatoms. The molecule has 0 saturated carbocycles. The Bertz CT molecular complexity index is 745. The van der Waals surface area contributed by atoms with Crippen LogP contribution < -0.4 is 4.74 Å². The maximum Gasteiger partial charge on any atom is 0.338 e. The second-order valence-electron chi connectivity index (χ2n) is 6.55. The highest BCUT2D eigenvalue weighted by Gasteiger charge is 2.16. The van der Waals surface area contributed by atoms with Crippen molar-refractivity contribution in [2.75, 3.05) is 0 Å². The fourth-order valence-electron chi connectivity index (χ4n) is 2.60. The summed E-state index contributed by atoms with van der Waals surface area (Å²) in [7, 11) is 0. The molecule has 0 aliphatic carbocycles. The average molecular weight is 326 g/mol. The van der Waals surface area contributed by atoms with Gasteiger partial charge >= 0.3 is 5.97 Å². The van der Waals surface area contributed by atoms with Gasteiger partial charge in [0, 0.05) is 5.56 Å². The molecule has 0 bridgehead atoms. The van der Waals surface area contributed by atoms with Gasteiger partial charge in [0.25, 0.3) is 0 Å². The molecule has 2 rings (SSSR count). The van der Waals surface area contributed by atoms with Crippen LogP contribution in [0, 0.1) is 27.7 Å². The van der Waals surface area contributed by atoms with E-state index in [-0.39, 0.29) is 12.1 Å². The minimum absolute atomic E-state index is 0.145. The first-order valence-electron chi connectivity index (χ1n) is 8.29. The van der Waals surface area contributed by atoms with E-state index < -0.39 is 0 Å². The van der Waals surface area contributed by atoms with Crippen molar-refractivity contribution in [1.82, 2.24) is 0 Å². The summed E-state index contributed by atoms with van der Waals surface area (Å²) in [4.78, 5) is 12.3. The molecule has 0 spiro atoms. The van der Waals surface area contributed by atoms with Crippen molar-refractivity contribution < 1.29 is 14.3 Å². The highest BCUT2D eigenvalue weighted by atomic mass is 16.5. The van der Waals surface area contributed by atoms with E-state index in [1.807, 2.05) is 39.8 Å². The summed E-state index contributed by atoms with van der Waals surface area (Å²) in [5.74, 6) is 0.550. The van der Waals surface area contributed by atoms with E-state index in [1.54, 1.807) is 6.07 Å². The minimum Gasteiger partial charge on any atom is -0.489 e. The van der Waals surface area contributed by atoms with E-state index >= 15 is 0 Å². The van der Waals surface area contributed by atoms with Crippen LogP contribution in [0.25, 0.3) is 0 Å². The Kier molecular flexibility index (Phi) is 5.66. The molecule has 2 aromatic carbocycles. The Morgan fingerprint density at radius 1 is 0.958 bits per heavy atom. The Balaban J connectivity index is 2.27. The van der Waals surface area contributed by atoms with Crippen LogP contribution in [0.5, 0.6) is 5.75 Å². The van der Waals surface area contributed by atoms with Crippen LogP contribution in [0.1, 0.15) is 52.0 Å². The van der Waals surface area contributed by atoms with E-state index in [9.17, 15) is 4.79 Å². The zero-order valence-electron chi connectivity index (χ0n) is 15.4. The third kappa shape index (κ3) is 4.16. The molecule has 3 nitrogen and oxygen atoms in total. The normalized spacial score (nSPS) is 10.8. The molecule has 0 radical (unpaired) electrons. The second kappa shape index (κ2) is 7.52. The summed E-state index contributed by atoms with van der Waals surface area (Å²) in [6.45, 7) is 12.2. The molecule has 2 aromatic rings. The molecule has 0 aromatic heterocycles. The summed E-state index contributed by atoms with van der Waals surface area (Å²) in [6, 6.07) is 9.82. The first kappa shape index (κ1) is 18.1. The van der Waals surface area contributed by atoms with Crippen molar-refractivity contribution in [2.24, 2.45) is 0 Å². The standard InChI is InChI=1S/C21H26O3/c1-13(2)24-21(22)18-9-7-8-14(3)19(18)12-23-20-11-16(5)15(4)10-17(20)6/h7-11,13H,12H2,1-6H3. The van der Waals surface area contributed by atoms with Crippen molar-refractivity contribution in [1.29, 1.82) is 0 Å². The molecule has 0 heterocycles. The first-order chi connectivity index (χ1) is 11.3. The fraction of sp³-hybridized carbons (Fsp3) is 0.381. The minimum atomic E-state index is -0.302. The van der Waals surface area contributed by atoms with Crippen molar-refractivity contribution in [3.63, 3.8) is 0 Å². The highest BCUT2D eigenvalue weighted by molar-refractivity contribution is 5.91. The van der Waals surface area contributed by atoms with Gasteiger partial charge in [-0.25, -0.2) is 4.79 Å². The lowest BCUT2D eigenvalue weighted by Gasteiger charge is -2.16. The van der Waals surface area contributed by atoms with E-state index in [0.29, 0.717) is 12.2 Å². The van der Waals surface area contributed by atoms with Gasteiger partial charge in [-0.2, -0.15) is 0 Å². The van der Waals surface area contributed by atoms with Gasteiger partial charge in [0.05, 0.1) is 11.7 Å². The summed E-state index contributed by atoms with van der Waals surface area (Å²) < 4.78 is 11.4. The lowest BCUT2D eigenvalue weighted by atomic mass is 10.0. The molecule has 0 saturated heterocycles. The third-order valence-electron chi connectivity index (χ3n) is 4.14. The van der Waals surface area contributed by atoms with Crippen molar-refractivity contribution in [3.05, 3.63) is 63.7 Å². The van der Waals surface area contributed by atoms with Gasteiger partial charge in [0.1, 0.15) is 12.4 Å². The number of rotatable bonds is 5. The molecule has 0 aliphatic heterocycles. The molecule has 0 fully saturated rings. The Morgan fingerprint density at radius 2 is 1.62 bits per heavy atom. The number of hydrogen-bond donors (Lipinski definition) is 0. The van der Waals surface area contributed by atoms with Crippen LogP contribution in [0.3, 0.4) is 0 Å². The number of carbonyl (C=O) groups excluding carboxylic acids is 1. The lowest BCUT2D eigenvalue weighted by molar-refractivity contribution is 0.0375. The van der Waals surface area contributed by atoms with Gasteiger partial charge in [0.2, 0.25) is 0 Å². The number of benzene rings is 2. The largest absolute Gasteiger partial charge is 0.489 e. The summed E-state index contributed by atoms with van der Waals surface area (Å²) in [5.41, 5.74) is 6.01. The van der Waals surface area contributed by atoms with Gasteiger partial charge < -0.3 is 9.47 Å². The Labute approximate surface area is 144 Å². The first-order valence-corrected chi connectivity index (χ1v) is 8.29. The zero-order valence-corrected chi connectivity index (χ0v) is 15.4. The number of ether oxygens (including phenoxy) is 2. The van der Waals surface area contributed by atoms with Gasteiger partial charge in [-0.15, -0.1) is 0 Å². The summed E-state index contributed by atoms with van der Waals surface area (Å²) in [5, 5.41) is 0. The molecule has 128 valence electrons. The highest BCUT2D eigenvalue weighted by Crippen LogP contribution is 2.25. The van der Waals surface area contributed by atoms with E-state index in [2.05, 4.69) is 26.0 Å². The van der Waals surface area contributed by atoms with Crippen LogP contribution in [0.2, 0.25) is 0 Å². The fourth-order valence-corrected chi connectivity index (χ4v) is 2.60. The van der Waals surface area contributed by atoms with Gasteiger partial charge in [-0.1, -0.05) is 18.2 Å². The molecule has 0 aliphatic rings. The van der Waals surface area contributed by atoms with Gasteiger partial charge in [-0.05, 0) is 75.9 Å². The molecular formula is C21H26O3. The maximum absolute atomic E-state index is 12.3. The molecule has 0 amide bonds. The van der Waals surface area contributed by atoms with Gasteiger partial charge in [-0.3, -0.25) is 0 Å². The van der Waals surface area contributed by atoms with Gasteiger partial charge in [0.15, 0.2) is 0 Å². The quantitative estimate of drug-likeness (QED) is 0.720. The lowest BCUT2D eigenvalue weighted by Crippen LogP contribution is -2.15. The number of esters is 1. The molecule has 0 N–H and O–H groups in total. The van der Waals surface area contributed by atoms with Crippen molar-refractivity contribution in [3.8, 4) is 5.75 Å². The van der Waals surface area contributed by atoms with E-state index in [0.717, 1.165) is 22.4 Å². The average Bonchev–Trinajstić information content (AvgIpc) is 2.49. The number of aryl methyl sites for hydroxylation is 4. The van der Waals surface area contributed by atoms with Crippen LogP contribution in [0.15, 0.2) is 30.3 Å². The van der Waals surface area contributed by atoms with Crippen molar-refractivity contribution >= 4 is 5.97 Å². The van der Waals surface area contributed by atoms with Crippen LogP contribution in [-0.4, -0.2) is 12.1 Å². The van der Waals surface area contributed by atoms with E-state index in [4.69, 9.17) is 9.47 Å². The predicted molar refractivity (Wildman–Crippen MR) is 96.7 cm³/mol. The van der Waals surface area contributed by atoms with Crippen LogP contribution >= 0.6 is 0 Å². The summed E-state index contributed by atoms with van der Waals surface area (Å²) in [6.07, 6.45) is -0.145. The topological polar surface area (TPSA) is 35.5 Å². The number of carbonyl (C=O) groups is 1. The van der Waals surface area contributed by atoms with Crippen molar-refractivity contribution in [2.45, 2.75) is 54.3 Å². The predicted octanol–water partition coefficient (Wildman–Crippen LogP) is 5.06. The second-order valence-corrected chi connectivity index (χ2v) is 6.55. The molecular weight excluding hydrogens is 300 g/mol. The zero-order chi connectivity index (χ0) is 17.9. The Morgan fingerprint density at radius 3 is 2.29 bits per heavy atom. The third-order valence-corrected chi connectivity index (χ3v) is 4.14. The number of hydrogen-bond acceptors (Lipinski definition) is 3. The van der Waals surface area contributed by atoms with E-state index in [1.165, 1.54) is 11.1 Å². The summed E-state index contributed by atoms with van der Waals surface area (Å²) >= 11 is 0. The molecule has 24 heavy (non-hydrogen) atoms. The molecule has 0 unspecified atom stereocenters. The maximum atomic E-state index is 12.3. The van der Waals surface area contributed by atoms with Crippen LogP contribution in [-0.2, 0) is 11.3 Å². The monoisotopic (exact) mass is 326 g/mol.